The molecule has 1 rings (SSSR count). The maximum Gasteiger partial charge on any atom is 0.174 e. The van der Waals surface area contributed by atoms with E-state index in [0.29, 0.717) is 12.2 Å². The van der Waals surface area contributed by atoms with Crippen molar-refractivity contribution in [2.75, 3.05) is 5.43 Å². The molecule has 1 heterocycles. The van der Waals surface area contributed by atoms with E-state index in [-0.39, 0.29) is 0 Å². The van der Waals surface area contributed by atoms with Gasteiger partial charge in [-0.1, -0.05) is 25.2 Å². The van der Waals surface area contributed by atoms with Crippen molar-refractivity contribution in [1.82, 2.24) is 15.4 Å². The Bertz CT molecular complexity index is 377. The lowest BCUT2D eigenvalue weighted by Gasteiger charge is -2.09. The molecule has 1 aromatic rings. The number of nitrogens with zero attached hydrogens (tertiary/aromatic N) is 3. The van der Waals surface area contributed by atoms with Gasteiger partial charge in [-0.2, -0.15) is 0 Å². The van der Waals surface area contributed by atoms with E-state index in [0.717, 1.165) is 22.5 Å². The van der Waals surface area contributed by atoms with Crippen LogP contribution in [0, 0.1) is 0 Å². The molecule has 0 fully saturated rings. The van der Waals surface area contributed by atoms with Crippen molar-refractivity contribution in [2.45, 2.75) is 19.8 Å². The maximum absolute atomic E-state index is 5.34. The zero-order valence-corrected chi connectivity index (χ0v) is 9.34. The molecular formula is C9H13N5S. The average Bonchev–Trinajstić information content (AvgIpc) is 2.28. The van der Waals surface area contributed by atoms with E-state index in [4.69, 9.17) is 18.1 Å². The van der Waals surface area contributed by atoms with Gasteiger partial charge >= 0.3 is 0 Å². The molecule has 0 radical (unpaired) electrons. The molecule has 3 N–H and O–H groups in total. The van der Waals surface area contributed by atoms with Crippen molar-refractivity contribution < 1.29 is 0 Å². The number of nitrogens with two attached hydrogens (primary N) is 1. The lowest BCUT2D eigenvalue weighted by molar-refractivity contribution is 0.823. The van der Waals surface area contributed by atoms with Crippen LogP contribution in [0.4, 0.5) is 5.82 Å². The Morgan fingerprint density at radius 1 is 1.60 bits per heavy atom. The van der Waals surface area contributed by atoms with Crippen LogP contribution < -0.4 is 11.3 Å². The lowest BCUT2D eigenvalue weighted by atomic mass is 10.1. The molecule has 0 aliphatic carbocycles. The van der Waals surface area contributed by atoms with Gasteiger partial charge in [-0.25, -0.2) is 5.84 Å². The van der Waals surface area contributed by atoms with Crippen LogP contribution in [-0.4, -0.2) is 20.3 Å². The highest BCUT2D eigenvalue weighted by atomic mass is 32.1. The summed E-state index contributed by atoms with van der Waals surface area (Å²) >= 11 is 5.24. The molecule has 0 saturated carbocycles. The Balaban J connectivity index is 3.25. The van der Waals surface area contributed by atoms with Crippen LogP contribution in [0.1, 0.15) is 24.6 Å². The maximum atomic E-state index is 5.34. The molecule has 0 saturated heterocycles. The topological polar surface area (TPSA) is 76.7 Å². The van der Waals surface area contributed by atoms with E-state index in [2.05, 4.69) is 27.4 Å². The molecule has 0 spiro atoms. The van der Waals surface area contributed by atoms with Crippen LogP contribution in [0.3, 0.4) is 0 Å². The van der Waals surface area contributed by atoms with Crippen molar-refractivity contribution in [1.29, 1.82) is 0 Å². The third-order valence-electron chi connectivity index (χ3n) is 1.91. The number of hydrazine groups is 1. The fourth-order valence-electron chi connectivity index (χ4n) is 1.21. The first-order valence-electron chi connectivity index (χ1n) is 4.57. The van der Waals surface area contributed by atoms with Gasteiger partial charge in [-0.05, 0) is 11.6 Å². The number of thiocarbonyl (C=S) groups is 1. The average molecular weight is 223 g/mol. The predicted octanol–water partition coefficient (Wildman–Crippen LogP) is 1.01. The smallest absolute Gasteiger partial charge is 0.174 e. The van der Waals surface area contributed by atoms with E-state index < -0.39 is 0 Å². The first-order valence-corrected chi connectivity index (χ1v) is 4.98. The summed E-state index contributed by atoms with van der Waals surface area (Å²) in [7, 11) is 0. The second-order valence-electron chi connectivity index (χ2n) is 2.87. The molecule has 6 heteroatoms. The van der Waals surface area contributed by atoms with Crippen LogP contribution in [0.15, 0.2) is 12.7 Å². The molecule has 0 aliphatic heterocycles. The largest absolute Gasteiger partial charge is 0.306 e. The third kappa shape index (κ3) is 2.54. The highest BCUT2D eigenvalue weighted by Gasteiger charge is 2.14. The van der Waals surface area contributed by atoms with E-state index in [1.165, 1.54) is 0 Å². The summed E-state index contributed by atoms with van der Waals surface area (Å²) in [5.74, 6) is 5.81. The Labute approximate surface area is 93.7 Å². The highest BCUT2D eigenvalue weighted by molar-refractivity contribution is 7.80. The van der Waals surface area contributed by atoms with Crippen molar-refractivity contribution in [3.05, 3.63) is 23.9 Å². The monoisotopic (exact) mass is 223 g/mol. The van der Waals surface area contributed by atoms with Crippen LogP contribution >= 0.6 is 12.2 Å². The molecule has 0 aromatic carbocycles. The summed E-state index contributed by atoms with van der Waals surface area (Å²) in [6.45, 7) is 5.63. The number of hydrogen-bond donors (Lipinski definition) is 2. The molecule has 80 valence electrons. The zero-order valence-electron chi connectivity index (χ0n) is 8.53. The summed E-state index contributed by atoms with van der Waals surface area (Å²) in [6.07, 6.45) is 3.08. The molecule has 0 atom stereocenters. The normalized spacial score (nSPS) is 9.73. The van der Waals surface area contributed by atoms with Crippen LogP contribution in [0.2, 0.25) is 0 Å². The first kappa shape index (κ1) is 11.7. The highest BCUT2D eigenvalue weighted by Crippen LogP contribution is 2.17. The molecule has 1 aromatic heterocycles. The van der Waals surface area contributed by atoms with Gasteiger partial charge in [0.2, 0.25) is 0 Å². The fraction of sp³-hybridized carbons (Fsp3) is 0.333. The Morgan fingerprint density at radius 2 is 2.33 bits per heavy atom. The Morgan fingerprint density at radius 3 is 2.87 bits per heavy atom. The van der Waals surface area contributed by atoms with Gasteiger partial charge in [0.25, 0.3) is 0 Å². The first-order chi connectivity index (χ1) is 7.24. The fourth-order valence-corrected chi connectivity index (χ4v) is 1.42. The number of nitrogen functional groups attached to an aromatic ring is 1. The molecular weight excluding hydrogens is 210 g/mol. The van der Waals surface area contributed by atoms with Gasteiger partial charge in [-0.15, -0.1) is 16.8 Å². The van der Waals surface area contributed by atoms with Crippen molar-refractivity contribution in [3.63, 3.8) is 0 Å². The van der Waals surface area contributed by atoms with Crippen molar-refractivity contribution in [3.8, 4) is 0 Å². The molecule has 5 nitrogen and oxygen atoms in total. The Kier molecular flexibility index (Phi) is 4.26. The van der Waals surface area contributed by atoms with E-state index >= 15 is 0 Å². The molecule has 0 unspecified atom stereocenters. The van der Waals surface area contributed by atoms with Gasteiger partial charge in [0.05, 0.1) is 11.3 Å². The SMILES string of the molecule is C=CCc1nnnc(NN)c1C(=S)CC. The second kappa shape index (κ2) is 5.47. The van der Waals surface area contributed by atoms with Gasteiger partial charge in [-0.3, -0.25) is 0 Å². The van der Waals surface area contributed by atoms with E-state index in [1.807, 2.05) is 6.92 Å². The number of rotatable bonds is 5. The number of aromatic nitrogens is 3. The molecule has 0 aliphatic rings. The minimum atomic E-state index is 0.466. The van der Waals surface area contributed by atoms with Crippen LogP contribution in [0.5, 0.6) is 0 Å². The van der Waals surface area contributed by atoms with Crippen LogP contribution in [-0.2, 0) is 6.42 Å². The van der Waals surface area contributed by atoms with Crippen LogP contribution in [0.25, 0.3) is 0 Å². The van der Waals surface area contributed by atoms with E-state index in [9.17, 15) is 0 Å². The minimum absolute atomic E-state index is 0.466. The summed E-state index contributed by atoms with van der Waals surface area (Å²) in [5.41, 5.74) is 3.99. The summed E-state index contributed by atoms with van der Waals surface area (Å²) in [6, 6.07) is 0. The lowest BCUT2D eigenvalue weighted by Crippen LogP contribution is -2.17. The number of anilines is 1. The van der Waals surface area contributed by atoms with Gasteiger partial charge in [0, 0.05) is 11.3 Å². The van der Waals surface area contributed by atoms with Crippen molar-refractivity contribution >= 4 is 22.9 Å². The molecule has 0 amide bonds. The number of hydrogen-bond acceptors (Lipinski definition) is 6. The van der Waals surface area contributed by atoms with Crippen molar-refractivity contribution in [2.24, 2.45) is 5.84 Å². The van der Waals surface area contributed by atoms with Gasteiger partial charge < -0.3 is 5.43 Å². The minimum Gasteiger partial charge on any atom is -0.306 e. The second-order valence-corrected chi connectivity index (χ2v) is 3.37. The predicted molar refractivity (Wildman–Crippen MR) is 63.5 cm³/mol. The summed E-state index contributed by atoms with van der Waals surface area (Å²) in [5, 5.41) is 11.3. The zero-order chi connectivity index (χ0) is 11.3. The quantitative estimate of drug-likeness (QED) is 0.255. The number of nitrogens with one attached hydrogen (secondary N) is 1. The number of allylic oxidation sites excluding steroid dienone is 1. The standard InChI is InChI=1S/C9H13N5S/c1-3-5-6-8(7(15)4-2)9(11-10)13-14-12-6/h3H,1,4-5,10H2,2H3,(H,11,12,13). The van der Waals surface area contributed by atoms with Gasteiger partial charge in [0.1, 0.15) is 0 Å². The summed E-state index contributed by atoms with van der Waals surface area (Å²) in [4.78, 5) is 0.766. The molecule has 0 bridgehead atoms. The summed E-state index contributed by atoms with van der Waals surface area (Å²) < 4.78 is 0. The third-order valence-corrected chi connectivity index (χ3v) is 2.40. The molecule has 15 heavy (non-hydrogen) atoms. The van der Waals surface area contributed by atoms with Gasteiger partial charge in [0.15, 0.2) is 5.82 Å². The Hall–Kier alpha value is -1.40. The van der Waals surface area contributed by atoms with E-state index in [1.54, 1.807) is 6.08 Å².